The van der Waals surface area contributed by atoms with Crippen LogP contribution in [0.3, 0.4) is 0 Å². The van der Waals surface area contributed by atoms with Gasteiger partial charge in [-0.05, 0) is 18.2 Å². The van der Waals surface area contributed by atoms with Crippen molar-refractivity contribution < 1.29 is 9.25 Å². The molecule has 0 saturated carbocycles. The maximum atomic E-state index is 12.1. The minimum atomic E-state index is -0.493. The fourth-order valence-corrected chi connectivity index (χ4v) is 2.64. The molecule has 0 radical (unpaired) electrons. The second-order valence-corrected chi connectivity index (χ2v) is 4.72. The molecular weight excluding hydrogens is 256 g/mol. The first kappa shape index (κ1) is 11.3. The number of hydrogen-bond donors (Lipinski definition) is 0. The smallest absolute Gasteiger partial charge is 0.408 e. The van der Waals surface area contributed by atoms with Crippen LogP contribution < -0.4 is 10.8 Å². The molecule has 0 aliphatic carbocycles. The summed E-state index contributed by atoms with van der Waals surface area (Å²) in [6.45, 7) is 0. The highest BCUT2D eigenvalue weighted by Gasteiger charge is 2.31. The zero-order valence-corrected chi connectivity index (χ0v) is 10.8. The number of anilines is 1. The molecule has 1 aromatic heterocycles. The van der Waals surface area contributed by atoms with E-state index in [1.54, 1.807) is 11.1 Å². The van der Waals surface area contributed by atoms with Crippen LogP contribution in [-0.4, -0.2) is 11.6 Å². The van der Waals surface area contributed by atoms with E-state index in [2.05, 4.69) is 0 Å². The van der Waals surface area contributed by atoms with Crippen LogP contribution in [0.25, 0.3) is 11.1 Å². The van der Waals surface area contributed by atoms with Crippen molar-refractivity contribution in [2.24, 2.45) is 0 Å². The number of hydroxylamine groups is 1. The van der Waals surface area contributed by atoms with Gasteiger partial charge >= 0.3 is 5.76 Å². The zero-order chi connectivity index (χ0) is 13.7. The Balaban J connectivity index is 1.98. The topological polar surface area (TPSA) is 47.6 Å². The summed E-state index contributed by atoms with van der Waals surface area (Å²) in [6, 6.07) is 15.1. The van der Waals surface area contributed by atoms with Gasteiger partial charge in [0, 0.05) is 12.6 Å². The van der Waals surface area contributed by atoms with Gasteiger partial charge in [0.2, 0.25) is 0 Å². The summed E-state index contributed by atoms with van der Waals surface area (Å²) in [5.74, 6) is -0.415. The van der Waals surface area contributed by atoms with Crippen LogP contribution in [-0.2, 0) is 4.84 Å². The highest BCUT2D eigenvalue weighted by molar-refractivity contribution is 5.73. The average molecular weight is 268 g/mol. The number of oxazole rings is 1. The van der Waals surface area contributed by atoms with Crippen molar-refractivity contribution in [3.8, 4) is 0 Å². The third-order valence-electron chi connectivity index (χ3n) is 3.55. The summed E-state index contributed by atoms with van der Waals surface area (Å²) < 4.78 is 6.81. The first-order valence-corrected chi connectivity index (χ1v) is 6.35. The van der Waals surface area contributed by atoms with Gasteiger partial charge in [-0.3, -0.25) is 5.06 Å². The van der Waals surface area contributed by atoms with Crippen molar-refractivity contribution in [2.45, 2.75) is 6.23 Å². The number of benzene rings is 2. The molecule has 2 aromatic carbocycles. The summed E-state index contributed by atoms with van der Waals surface area (Å²) in [4.78, 5) is 17.9. The molecule has 5 nitrogen and oxygen atoms in total. The average Bonchev–Trinajstić information content (AvgIpc) is 2.96. The van der Waals surface area contributed by atoms with E-state index in [0.717, 1.165) is 16.8 Å². The summed E-state index contributed by atoms with van der Waals surface area (Å²) in [7, 11) is 1.83. The number of aromatic nitrogens is 1. The van der Waals surface area contributed by atoms with Crippen molar-refractivity contribution in [1.82, 2.24) is 4.57 Å². The van der Waals surface area contributed by atoms with E-state index >= 15 is 0 Å². The van der Waals surface area contributed by atoms with Crippen molar-refractivity contribution >= 4 is 16.8 Å². The molecule has 4 rings (SSSR count). The Hall–Kier alpha value is -2.53. The van der Waals surface area contributed by atoms with E-state index in [1.807, 2.05) is 49.5 Å². The van der Waals surface area contributed by atoms with Gasteiger partial charge in [-0.2, -0.15) is 0 Å². The second kappa shape index (κ2) is 3.98. The Labute approximate surface area is 114 Å². The van der Waals surface area contributed by atoms with E-state index in [4.69, 9.17) is 9.25 Å². The number of fused-ring (bicyclic) bond motifs is 2. The molecule has 1 aliphatic rings. The van der Waals surface area contributed by atoms with Crippen LogP contribution in [0.4, 0.5) is 5.69 Å². The number of para-hydroxylation sites is 3. The molecule has 2 heterocycles. The van der Waals surface area contributed by atoms with Crippen molar-refractivity contribution in [3.63, 3.8) is 0 Å². The predicted molar refractivity (Wildman–Crippen MR) is 74.5 cm³/mol. The highest BCUT2D eigenvalue weighted by atomic mass is 16.7. The first-order chi connectivity index (χ1) is 9.75. The van der Waals surface area contributed by atoms with Crippen LogP contribution in [0.15, 0.2) is 57.7 Å². The lowest BCUT2D eigenvalue weighted by molar-refractivity contribution is 0.0420. The first-order valence-electron chi connectivity index (χ1n) is 6.35. The number of rotatable bonds is 1. The molecule has 0 amide bonds. The molecule has 0 fully saturated rings. The molecule has 20 heavy (non-hydrogen) atoms. The largest absolute Gasteiger partial charge is 0.422 e. The van der Waals surface area contributed by atoms with Crippen LogP contribution in [0, 0.1) is 0 Å². The molecule has 1 atom stereocenters. The van der Waals surface area contributed by atoms with Gasteiger partial charge in [-0.1, -0.05) is 30.3 Å². The Kier molecular flexibility index (Phi) is 2.25. The van der Waals surface area contributed by atoms with E-state index < -0.39 is 12.0 Å². The van der Waals surface area contributed by atoms with Crippen LogP contribution >= 0.6 is 0 Å². The lowest BCUT2D eigenvalue weighted by atomic mass is 10.1. The summed E-state index contributed by atoms with van der Waals surface area (Å²) in [5, 5.41) is 1.67. The number of nitrogens with zero attached hydrogens (tertiary/aromatic N) is 2. The summed E-state index contributed by atoms with van der Waals surface area (Å²) in [5.41, 5.74) is 3.19. The Morgan fingerprint density at radius 3 is 2.70 bits per heavy atom. The van der Waals surface area contributed by atoms with E-state index in [9.17, 15) is 4.79 Å². The molecule has 0 bridgehead atoms. The standard InChI is InChI=1S/C15H12N2O3/c1-16-11-7-3-2-6-10(11)14(20-16)17-12-8-4-5-9-13(12)19-15(17)18/h2-9,14H,1H3. The van der Waals surface area contributed by atoms with Gasteiger partial charge < -0.3 is 4.42 Å². The SMILES string of the molecule is CN1OC(n2c(=O)oc3ccccc32)c2ccccc21. The van der Waals surface area contributed by atoms with Crippen molar-refractivity contribution in [1.29, 1.82) is 0 Å². The minimum Gasteiger partial charge on any atom is -0.408 e. The third-order valence-corrected chi connectivity index (χ3v) is 3.55. The molecule has 0 N–H and O–H groups in total. The maximum Gasteiger partial charge on any atom is 0.422 e. The Morgan fingerprint density at radius 1 is 1.05 bits per heavy atom. The zero-order valence-electron chi connectivity index (χ0n) is 10.8. The normalized spacial score (nSPS) is 17.6. The molecule has 5 heteroatoms. The fraction of sp³-hybridized carbons (Fsp3) is 0.133. The Morgan fingerprint density at radius 2 is 1.80 bits per heavy atom. The highest BCUT2D eigenvalue weighted by Crippen LogP contribution is 2.37. The lowest BCUT2D eigenvalue weighted by Crippen LogP contribution is -2.23. The second-order valence-electron chi connectivity index (χ2n) is 4.72. The van der Waals surface area contributed by atoms with Crippen LogP contribution in [0.1, 0.15) is 11.8 Å². The molecule has 1 unspecified atom stereocenters. The molecular formula is C15H12N2O3. The van der Waals surface area contributed by atoms with Gasteiger partial charge in [0.1, 0.15) is 0 Å². The third kappa shape index (κ3) is 1.44. The molecule has 0 saturated heterocycles. The molecule has 0 spiro atoms. The van der Waals surface area contributed by atoms with Gasteiger partial charge in [0.05, 0.1) is 11.2 Å². The fourth-order valence-electron chi connectivity index (χ4n) is 2.64. The van der Waals surface area contributed by atoms with Gasteiger partial charge in [-0.15, -0.1) is 0 Å². The maximum absolute atomic E-state index is 12.1. The Bertz CT molecular complexity index is 849. The molecule has 1 aliphatic heterocycles. The van der Waals surface area contributed by atoms with Crippen molar-refractivity contribution in [2.75, 3.05) is 12.1 Å². The number of hydrogen-bond acceptors (Lipinski definition) is 4. The van der Waals surface area contributed by atoms with Gasteiger partial charge in [0.15, 0.2) is 11.8 Å². The van der Waals surface area contributed by atoms with E-state index in [0.29, 0.717) is 5.58 Å². The van der Waals surface area contributed by atoms with Gasteiger partial charge in [-0.25, -0.2) is 14.2 Å². The minimum absolute atomic E-state index is 0.415. The molecule has 3 aromatic rings. The van der Waals surface area contributed by atoms with Gasteiger partial charge in [0.25, 0.3) is 0 Å². The summed E-state index contributed by atoms with van der Waals surface area (Å²) >= 11 is 0. The van der Waals surface area contributed by atoms with Crippen LogP contribution in [0.5, 0.6) is 0 Å². The lowest BCUT2D eigenvalue weighted by Gasteiger charge is -2.13. The van der Waals surface area contributed by atoms with Crippen LogP contribution in [0.2, 0.25) is 0 Å². The van der Waals surface area contributed by atoms with Crippen molar-refractivity contribution in [3.05, 3.63) is 64.6 Å². The predicted octanol–water partition coefficient (Wildman–Crippen LogP) is 2.52. The quantitative estimate of drug-likeness (QED) is 0.680. The van der Waals surface area contributed by atoms with E-state index in [-0.39, 0.29) is 0 Å². The van der Waals surface area contributed by atoms with E-state index in [1.165, 1.54) is 4.57 Å². The summed E-state index contributed by atoms with van der Waals surface area (Å²) in [6.07, 6.45) is -0.493. The molecule has 100 valence electrons. The monoisotopic (exact) mass is 268 g/mol.